The van der Waals surface area contributed by atoms with Crippen LogP contribution in [0.4, 0.5) is 8.78 Å². The van der Waals surface area contributed by atoms with Crippen LogP contribution in [0.5, 0.6) is 0 Å². The third kappa shape index (κ3) is 3.50. The molecule has 2 aromatic rings. The molecule has 1 atom stereocenters. The molecule has 0 spiro atoms. The predicted molar refractivity (Wildman–Crippen MR) is 71.6 cm³/mol. The zero-order valence-corrected chi connectivity index (χ0v) is 10.8. The summed E-state index contributed by atoms with van der Waals surface area (Å²) in [5.41, 5.74) is 4.14. The predicted octanol–water partition coefficient (Wildman–Crippen LogP) is 3.37. The van der Waals surface area contributed by atoms with Crippen LogP contribution in [0.3, 0.4) is 0 Å². The third-order valence-corrected chi connectivity index (χ3v) is 3.11. The van der Waals surface area contributed by atoms with Gasteiger partial charge in [-0.05, 0) is 41.8 Å². The quantitative estimate of drug-likeness (QED) is 0.666. The normalized spacial score (nSPS) is 12.4. The Kier molecular flexibility index (Phi) is 4.47. The summed E-state index contributed by atoms with van der Waals surface area (Å²) >= 11 is 5.90. The Morgan fingerprint density at radius 3 is 2.53 bits per heavy atom. The first-order valence-corrected chi connectivity index (χ1v) is 6.13. The number of halogens is 3. The summed E-state index contributed by atoms with van der Waals surface area (Å²) in [6.07, 6.45) is 0.530. The molecule has 2 rings (SSSR count). The fraction of sp³-hybridized carbons (Fsp3) is 0.143. The molecule has 2 aromatic carbocycles. The van der Waals surface area contributed by atoms with Crippen molar-refractivity contribution in [2.24, 2.45) is 5.84 Å². The van der Waals surface area contributed by atoms with Crippen molar-refractivity contribution in [3.63, 3.8) is 0 Å². The van der Waals surface area contributed by atoms with Crippen LogP contribution in [-0.2, 0) is 6.42 Å². The highest BCUT2D eigenvalue weighted by Crippen LogP contribution is 2.21. The summed E-state index contributed by atoms with van der Waals surface area (Å²) in [7, 11) is 0. The van der Waals surface area contributed by atoms with E-state index in [1.54, 1.807) is 6.07 Å². The smallest absolute Gasteiger partial charge is 0.159 e. The number of benzene rings is 2. The van der Waals surface area contributed by atoms with E-state index in [1.165, 1.54) is 6.07 Å². The lowest BCUT2D eigenvalue weighted by Crippen LogP contribution is -2.29. The lowest BCUT2D eigenvalue weighted by molar-refractivity contribution is 0.497. The molecule has 0 saturated heterocycles. The second-order valence-electron chi connectivity index (χ2n) is 4.23. The van der Waals surface area contributed by atoms with Crippen molar-refractivity contribution in [3.05, 3.63) is 70.2 Å². The Balaban J connectivity index is 2.22. The molecule has 0 radical (unpaired) electrons. The maximum absolute atomic E-state index is 13.2. The van der Waals surface area contributed by atoms with Crippen molar-refractivity contribution in [3.8, 4) is 0 Å². The first-order valence-electron chi connectivity index (χ1n) is 5.75. The number of rotatable bonds is 4. The van der Waals surface area contributed by atoms with E-state index in [-0.39, 0.29) is 6.04 Å². The molecular weight excluding hydrogens is 270 g/mol. The molecule has 0 amide bonds. The fourth-order valence-corrected chi connectivity index (χ4v) is 2.11. The Hall–Kier alpha value is -1.49. The summed E-state index contributed by atoms with van der Waals surface area (Å²) in [4.78, 5) is 0. The van der Waals surface area contributed by atoms with E-state index >= 15 is 0 Å². The molecule has 2 nitrogen and oxygen atoms in total. The molecule has 3 N–H and O–H groups in total. The zero-order chi connectivity index (χ0) is 13.8. The molecule has 0 aliphatic heterocycles. The summed E-state index contributed by atoms with van der Waals surface area (Å²) in [5, 5.41) is 0.624. The van der Waals surface area contributed by atoms with Gasteiger partial charge in [0.2, 0.25) is 0 Å². The van der Waals surface area contributed by atoms with Gasteiger partial charge in [0.25, 0.3) is 0 Å². The highest BCUT2D eigenvalue weighted by molar-refractivity contribution is 6.30. The minimum absolute atomic E-state index is 0.312. The Morgan fingerprint density at radius 2 is 1.89 bits per heavy atom. The lowest BCUT2D eigenvalue weighted by Gasteiger charge is -2.16. The van der Waals surface area contributed by atoms with Gasteiger partial charge in [-0.3, -0.25) is 11.3 Å². The molecule has 5 heteroatoms. The van der Waals surface area contributed by atoms with Gasteiger partial charge in [0.05, 0.1) is 6.04 Å². The molecular formula is C14H13ClF2N2. The van der Waals surface area contributed by atoms with Crippen LogP contribution in [0.25, 0.3) is 0 Å². The van der Waals surface area contributed by atoms with Gasteiger partial charge in [0, 0.05) is 5.02 Å². The van der Waals surface area contributed by atoms with Gasteiger partial charge in [-0.25, -0.2) is 8.78 Å². The molecule has 0 heterocycles. The standard InChI is InChI=1S/C14H13ClF2N2/c15-11-3-1-2-9(6-11)7-14(19-18)10-4-5-12(16)13(17)8-10/h1-6,8,14,19H,7,18H2. The van der Waals surface area contributed by atoms with Gasteiger partial charge in [-0.2, -0.15) is 0 Å². The molecule has 0 saturated carbocycles. The molecule has 0 aliphatic carbocycles. The van der Waals surface area contributed by atoms with E-state index in [2.05, 4.69) is 5.43 Å². The maximum Gasteiger partial charge on any atom is 0.159 e. The number of hydrogen-bond donors (Lipinski definition) is 2. The number of hydrazine groups is 1. The molecule has 0 aromatic heterocycles. The van der Waals surface area contributed by atoms with Crippen LogP contribution in [0.2, 0.25) is 5.02 Å². The van der Waals surface area contributed by atoms with Crippen LogP contribution in [0.1, 0.15) is 17.2 Å². The van der Waals surface area contributed by atoms with E-state index < -0.39 is 11.6 Å². The Morgan fingerprint density at radius 1 is 1.11 bits per heavy atom. The van der Waals surface area contributed by atoms with Crippen LogP contribution in [-0.4, -0.2) is 0 Å². The second kappa shape index (κ2) is 6.10. The van der Waals surface area contributed by atoms with Crippen LogP contribution >= 0.6 is 11.6 Å². The molecule has 1 unspecified atom stereocenters. The van der Waals surface area contributed by atoms with Crippen LogP contribution < -0.4 is 11.3 Å². The summed E-state index contributed by atoms with van der Waals surface area (Å²) in [5.74, 6) is 3.72. The summed E-state index contributed by atoms with van der Waals surface area (Å²) in [6, 6.07) is 10.7. The van der Waals surface area contributed by atoms with Gasteiger partial charge in [0.1, 0.15) is 0 Å². The van der Waals surface area contributed by atoms with Gasteiger partial charge >= 0.3 is 0 Å². The zero-order valence-electron chi connectivity index (χ0n) is 10.0. The Bertz CT molecular complexity index is 575. The first-order chi connectivity index (χ1) is 9.10. The van der Waals surface area contributed by atoms with E-state index in [4.69, 9.17) is 17.4 Å². The largest absolute Gasteiger partial charge is 0.271 e. The van der Waals surface area contributed by atoms with E-state index in [9.17, 15) is 8.78 Å². The van der Waals surface area contributed by atoms with Crippen molar-refractivity contribution in [2.75, 3.05) is 0 Å². The highest BCUT2D eigenvalue weighted by atomic mass is 35.5. The van der Waals surface area contributed by atoms with Crippen molar-refractivity contribution < 1.29 is 8.78 Å². The highest BCUT2D eigenvalue weighted by Gasteiger charge is 2.13. The lowest BCUT2D eigenvalue weighted by atomic mass is 9.99. The van der Waals surface area contributed by atoms with Crippen molar-refractivity contribution >= 4 is 11.6 Å². The molecule has 0 bridgehead atoms. The van der Waals surface area contributed by atoms with E-state index in [0.29, 0.717) is 17.0 Å². The van der Waals surface area contributed by atoms with Crippen LogP contribution in [0, 0.1) is 11.6 Å². The van der Waals surface area contributed by atoms with Crippen molar-refractivity contribution in [1.82, 2.24) is 5.43 Å². The number of hydrogen-bond acceptors (Lipinski definition) is 2. The third-order valence-electron chi connectivity index (χ3n) is 2.88. The maximum atomic E-state index is 13.2. The monoisotopic (exact) mass is 282 g/mol. The minimum atomic E-state index is -0.885. The van der Waals surface area contributed by atoms with E-state index in [0.717, 1.165) is 17.7 Å². The fourth-order valence-electron chi connectivity index (χ4n) is 1.90. The van der Waals surface area contributed by atoms with Crippen molar-refractivity contribution in [1.29, 1.82) is 0 Å². The molecule has 0 fully saturated rings. The number of nitrogens with two attached hydrogens (primary N) is 1. The minimum Gasteiger partial charge on any atom is -0.271 e. The molecule has 0 aliphatic rings. The van der Waals surface area contributed by atoms with Gasteiger partial charge < -0.3 is 0 Å². The van der Waals surface area contributed by atoms with Crippen LogP contribution in [0.15, 0.2) is 42.5 Å². The van der Waals surface area contributed by atoms with Gasteiger partial charge in [-0.1, -0.05) is 29.8 Å². The van der Waals surface area contributed by atoms with Gasteiger partial charge in [0.15, 0.2) is 11.6 Å². The average Bonchev–Trinajstić information content (AvgIpc) is 2.39. The second-order valence-corrected chi connectivity index (χ2v) is 4.66. The van der Waals surface area contributed by atoms with E-state index in [1.807, 2.05) is 18.2 Å². The van der Waals surface area contributed by atoms with Gasteiger partial charge in [-0.15, -0.1) is 0 Å². The average molecular weight is 283 g/mol. The number of nitrogens with one attached hydrogen (secondary N) is 1. The summed E-state index contributed by atoms with van der Waals surface area (Å²) < 4.78 is 26.1. The first kappa shape index (κ1) is 13.9. The summed E-state index contributed by atoms with van der Waals surface area (Å²) in [6.45, 7) is 0. The Labute approximate surface area is 115 Å². The topological polar surface area (TPSA) is 38.0 Å². The molecule has 19 heavy (non-hydrogen) atoms. The molecule has 100 valence electrons. The SMILES string of the molecule is NNC(Cc1cccc(Cl)c1)c1ccc(F)c(F)c1. The van der Waals surface area contributed by atoms with Crippen molar-refractivity contribution in [2.45, 2.75) is 12.5 Å².